The average Bonchev–Trinajstić information content (AvgIpc) is 3.42. The molecule has 3 aromatic rings. The van der Waals surface area contributed by atoms with Gasteiger partial charge in [0.05, 0.1) is 5.56 Å². The first kappa shape index (κ1) is 28.5. The van der Waals surface area contributed by atoms with Crippen LogP contribution in [0.3, 0.4) is 0 Å². The number of aromatic amines is 1. The highest BCUT2D eigenvalue weighted by Gasteiger charge is 2.46. The van der Waals surface area contributed by atoms with Crippen LogP contribution in [0.25, 0.3) is 0 Å². The third-order valence-electron chi connectivity index (χ3n) is 8.21. The Labute approximate surface area is 234 Å². The molecule has 9 nitrogen and oxygen atoms in total. The summed E-state index contributed by atoms with van der Waals surface area (Å²) in [5.41, 5.74) is -0.0349. The van der Waals surface area contributed by atoms with Crippen LogP contribution in [-0.4, -0.2) is 50.6 Å². The van der Waals surface area contributed by atoms with E-state index in [4.69, 9.17) is 0 Å². The van der Waals surface area contributed by atoms with Crippen LogP contribution in [0, 0.1) is 23.1 Å². The van der Waals surface area contributed by atoms with Crippen LogP contribution in [0.1, 0.15) is 61.0 Å². The second-order valence-corrected chi connectivity index (χ2v) is 11.4. The minimum Gasteiger partial charge on any atom is -0.320 e. The number of nitrogens with zero attached hydrogens (tertiary/aromatic N) is 5. The summed E-state index contributed by atoms with van der Waals surface area (Å²) in [6, 6.07) is 8.37. The molecule has 2 unspecified atom stereocenters. The maximum Gasteiger partial charge on any atom is 0.416 e. The zero-order valence-corrected chi connectivity index (χ0v) is 22.7. The molecule has 0 radical (unpaired) electrons. The van der Waals surface area contributed by atoms with Gasteiger partial charge in [-0.15, -0.1) is 5.10 Å². The Hall–Kier alpha value is -4.03. The summed E-state index contributed by atoms with van der Waals surface area (Å²) in [6.45, 7) is 5.18. The molecular weight excluding hydrogens is 542 g/mol. The number of rotatable bonds is 5. The van der Waals surface area contributed by atoms with Gasteiger partial charge in [-0.3, -0.25) is 15.0 Å². The van der Waals surface area contributed by atoms with E-state index in [1.807, 2.05) is 0 Å². The Balaban J connectivity index is 1.40. The number of carbonyl (C=O) groups excluding carboxylic acids is 2. The number of hydrogen-bond donors (Lipinski definition) is 2. The minimum absolute atomic E-state index is 0.0286. The molecule has 1 saturated heterocycles. The molecule has 2 atom stereocenters. The summed E-state index contributed by atoms with van der Waals surface area (Å²) < 4.78 is 54.9. The number of halogens is 4. The van der Waals surface area contributed by atoms with Gasteiger partial charge < -0.3 is 4.90 Å². The highest BCUT2D eigenvalue weighted by atomic mass is 19.4. The first-order valence-corrected chi connectivity index (χ1v) is 13.5. The number of carbonyl (C=O) groups is 2. The Kier molecular flexibility index (Phi) is 7.71. The summed E-state index contributed by atoms with van der Waals surface area (Å²) >= 11 is 0. The number of amides is 3. The van der Waals surface area contributed by atoms with Crippen LogP contribution in [0.2, 0.25) is 0 Å². The number of alkyl halides is 3. The number of tetrazole rings is 1. The molecule has 1 aliphatic carbocycles. The zero-order chi connectivity index (χ0) is 29.4. The van der Waals surface area contributed by atoms with Gasteiger partial charge >= 0.3 is 12.2 Å². The van der Waals surface area contributed by atoms with Crippen molar-refractivity contribution < 1.29 is 27.2 Å². The molecule has 2 aromatic carbocycles. The monoisotopic (exact) mass is 573 g/mol. The highest BCUT2D eigenvalue weighted by Crippen LogP contribution is 2.54. The SMILES string of the molecule is CC1(C)CC2CCN(Cc3ccc(C(=O)Nc4nn[nH]n4)cc3)C(=O)N(c3cc(F)cc(C(F)(F)F)c3)CCCC21. The summed E-state index contributed by atoms with van der Waals surface area (Å²) in [5, 5.41) is 15.5. The average molecular weight is 574 g/mol. The van der Waals surface area contributed by atoms with Gasteiger partial charge in [0.25, 0.3) is 11.9 Å². The van der Waals surface area contributed by atoms with E-state index in [2.05, 4.69) is 39.8 Å². The molecule has 41 heavy (non-hydrogen) atoms. The van der Waals surface area contributed by atoms with E-state index >= 15 is 0 Å². The predicted molar refractivity (Wildman–Crippen MR) is 142 cm³/mol. The van der Waals surface area contributed by atoms with E-state index in [-0.39, 0.29) is 30.1 Å². The molecule has 2 fully saturated rings. The van der Waals surface area contributed by atoms with Gasteiger partial charge in [-0.05, 0) is 84.0 Å². The molecule has 5 rings (SSSR count). The van der Waals surface area contributed by atoms with Gasteiger partial charge in [-0.25, -0.2) is 9.18 Å². The van der Waals surface area contributed by atoms with Gasteiger partial charge in [-0.1, -0.05) is 31.1 Å². The minimum atomic E-state index is -4.75. The van der Waals surface area contributed by atoms with Crippen molar-refractivity contribution in [1.82, 2.24) is 25.5 Å². The molecule has 1 aliphatic heterocycles. The summed E-state index contributed by atoms with van der Waals surface area (Å²) in [4.78, 5) is 29.2. The molecule has 2 N–H and O–H groups in total. The van der Waals surface area contributed by atoms with Gasteiger partial charge in [-0.2, -0.15) is 18.4 Å². The first-order valence-electron chi connectivity index (χ1n) is 13.5. The third-order valence-corrected chi connectivity index (χ3v) is 8.21. The molecule has 0 spiro atoms. The maximum atomic E-state index is 14.4. The Morgan fingerprint density at radius 1 is 1.12 bits per heavy atom. The quantitative estimate of drug-likeness (QED) is 0.371. The second kappa shape index (κ2) is 11.1. The number of nitrogens with one attached hydrogen (secondary N) is 2. The van der Waals surface area contributed by atoms with Crippen molar-refractivity contribution in [2.75, 3.05) is 23.3 Å². The molecule has 2 heterocycles. The molecule has 1 aromatic heterocycles. The molecule has 13 heteroatoms. The van der Waals surface area contributed by atoms with Crippen LogP contribution < -0.4 is 10.2 Å². The lowest BCUT2D eigenvalue weighted by atomic mass is 9.53. The van der Waals surface area contributed by atoms with Crippen LogP contribution in [0.5, 0.6) is 0 Å². The van der Waals surface area contributed by atoms with Gasteiger partial charge in [0.1, 0.15) is 5.82 Å². The lowest BCUT2D eigenvalue weighted by Gasteiger charge is -2.53. The fourth-order valence-corrected chi connectivity index (χ4v) is 6.18. The number of urea groups is 1. The van der Waals surface area contributed by atoms with Crippen molar-refractivity contribution in [1.29, 1.82) is 0 Å². The maximum absolute atomic E-state index is 14.4. The normalized spacial score (nSPS) is 21.2. The molecule has 218 valence electrons. The first-order chi connectivity index (χ1) is 19.4. The topological polar surface area (TPSA) is 107 Å². The predicted octanol–water partition coefficient (Wildman–Crippen LogP) is 5.88. The fourth-order valence-electron chi connectivity index (χ4n) is 6.18. The number of aromatic nitrogens is 4. The second-order valence-electron chi connectivity index (χ2n) is 11.4. The molecule has 1 saturated carbocycles. The van der Waals surface area contributed by atoms with Gasteiger partial charge in [0.2, 0.25) is 0 Å². The van der Waals surface area contributed by atoms with Crippen LogP contribution in [-0.2, 0) is 12.7 Å². The van der Waals surface area contributed by atoms with E-state index in [0.717, 1.165) is 37.0 Å². The van der Waals surface area contributed by atoms with E-state index < -0.39 is 29.5 Å². The summed E-state index contributed by atoms with van der Waals surface area (Å²) in [7, 11) is 0. The van der Waals surface area contributed by atoms with Crippen molar-refractivity contribution in [3.8, 4) is 0 Å². The Morgan fingerprint density at radius 2 is 1.88 bits per heavy atom. The van der Waals surface area contributed by atoms with Crippen LogP contribution >= 0.6 is 0 Å². The van der Waals surface area contributed by atoms with Crippen molar-refractivity contribution >= 4 is 23.6 Å². The molecule has 3 amide bonds. The van der Waals surface area contributed by atoms with Crippen molar-refractivity contribution in [2.45, 2.75) is 52.3 Å². The molecular formula is C28H31F4N7O2. The van der Waals surface area contributed by atoms with Crippen LogP contribution in [0.15, 0.2) is 42.5 Å². The van der Waals surface area contributed by atoms with E-state index in [0.29, 0.717) is 36.4 Å². The zero-order valence-electron chi connectivity index (χ0n) is 22.7. The third kappa shape index (κ3) is 6.33. The number of benzene rings is 2. The van der Waals surface area contributed by atoms with Gasteiger partial charge in [0.15, 0.2) is 0 Å². The van der Waals surface area contributed by atoms with E-state index in [1.165, 1.54) is 4.90 Å². The van der Waals surface area contributed by atoms with Crippen molar-refractivity contribution in [3.05, 3.63) is 65.0 Å². The number of anilines is 2. The Bertz CT molecular complexity index is 1390. The number of fused-ring (bicyclic) bond motifs is 1. The Morgan fingerprint density at radius 3 is 2.54 bits per heavy atom. The largest absolute Gasteiger partial charge is 0.416 e. The molecule has 0 bridgehead atoms. The molecule has 2 aliphatic rings. The van der Waals surface area contributed by atoms with E-state index in [9.17, 15) is 27.2 Å². The van der Waals surface area contributed by atoms with Gasteiger partial charge in [0, 0.05) is 30.9 Å². The van der Waals surface area contributed by atoms with Crippen molar-refractivity contribution in [3.63, 3.8) is 0 Å². The fraction of sp³-hybridized carbons (Fsp3) is 0.464. The number of H-pyrrole nitrogens is 1. The lowest BCUT2D eigenvalue weighted by Crippen LogP contribution is -2.49. The summed E-state index contributed by atoms with van der Waals surface area (Å²) in [5.74, 6) is -0.574. The van der Waals surface area contributed by atoms with Crippen molar-refractivity contribution in [2.24, 2.45) is 17.3 Å². The van der Waals surface area contributed by atoms with E-state index in [1.54, 1.807) is 29.2 Å². The smallest absolute Gasteiger partial charge is 0.320 e. The standard InChI is InChI=1S/C28H31F4N7O2/c1-27(2)15-19-9-11-38(16-17-5-7-18(8-6-17)24(40)33-25-34-36-37-35-25)26(41)39(10-3-4-23(19)27)22-13-20(28(30,31)32)12-21(29)14-22/h5-8,12-14,19,23H,3-4,9-11,15-16H2,1-2H3,(H2,33,34,35,36,37,40). The highest BCUT2D eigenvalue weighted by molar-refractivity contribution is 6.03. The number of hydrogen-bond acceptors (Lipinski definition) is 5. The summed E-state index contributed by atoms with van der Waals surface area (Å²) in [6.07, 6.45) is -1.51. The lowest BCUT2D eigenvalue weighted by molar-refractivity contribution is -0.137. The van der Waals surface area contributed by atoms with Crippen LogP contribution in [0.4, 0.5) is 34.0 Å².